The maximum absolute atomic E-state index is 14.3. The molecular formula is C53H60ClN9O6S2. The summed E-state index contributed by atoms with van der Waals surface area (Å²) in [6.45, 7) is 15.9. The van der Waals surface area contributed by atoms with Gasteiger partial charge in [-0.3, -0.25) is 28.7 Å². The van der Waals surface area contributed by atoms with E-state index in [2.05, 4.69) is 45.0 Å². The van der Waals surface area contributed by atoms with Crippen LogP contribution >= 0.6 is 34.3 Å². The summed E-state index contributed by atoms with van der Waals surface area (Å²) >= 11 is 9.48. The Morgan fingerprint density at radius 2 is 1.68 bits per heavy atom. The number of thiophene rings is 1. The molecule has 1 fully saturated rings. The number of thiazole rings is 1. The maximum Gasteiger partial charge on any atom is 0.246 e. The molecule has 372 valence electrons. The lowest BCUT2D eigenvalue weighted by molar-refractivity contribution is -0.144. The van der Waals surface area contributed by atoms with Crippen molar-refractivity contribution in [2.45, 2.75) is 111 Å². The fourth-order valence-corrected chi connectivity index (χ4v) is 11.2. The first-order chi connectivity index (χ1) is 33.9. The molecule has 5 heterocycles. The minimum absolute atomic E-state index is 0.0200. The number of carbonyl (C=O) groups is 4. The number of ether oxygens (including phenoxy) is 1. The molecule has 3 aromatic heterocycles. The van der Waals surface area contributed by atoms with Crippen LogP contribution < -0.4 is 20.7 Å². The highest BCUT2D eigenvalue weighted by molar-refractivity contribution is 7.15. The number of β-amino-alcohol motifs (C(OH)–C–C–N with tert-alkyl or cyclic N) is 1. The predicted molar refractivity (Wildman–Crippen MR) is 278 cm³/mol. The standard InChI is InChI=1S/C53H60ClN9O6S2/c1-29-32(4)71-52-45(29)46(36-17-19-38(54)20-18-36)58-41(49-61-60-33(5)63(49)52)26-44(66)55-22-23-69-40-11-9-10-34(24-40)12-21-43(65)59-48(53(6,7)8)51(68)62-27-39(64)25-42(62)50(67)57-30(2)35-13-15-37(16-14-35)47-31(3)56-28-70-47/h9-11,13-20,24,28,30,39,41-42,48,64H,12,21-23,25-27H2,1-8H3,(H,55,66)(H,57,67)(H,59,65)/t30-,39+,41-,42-,48?/m0/s1. The van der Waals surface area contributed by atoms with Gasteiger partial charge in [-0.15, -0.1) is 32.9 Å². The number of fused-ring (bicyclic) bond motifs is 3. The van der Waals surface area contributed by atoms with E-state index in [-0.39, 0.29) is 62.7 Å². The van der Waals surface area contributed by atoms with Crippen molar-refractivity contribution >= 4 is 63.6 Å². The average molecular weight is 1020 g/mol. The van der Waals surface area contributed by atoms with Crippen LogP contribution in [0.1, 0.15) is 109 Å². The summed E-state index contributed by atoms with van der Waals surface area (Å²) < 4.78 is 8.05. The molecular weight excluding hydrogens is 958 g/mol. The summed E-state index contributed by atoms with van der Waals surface area (Å²) in [5.74, 6) is 0.547. The van der Waals surface area contributed by atoms with Crippen molar-refractivity contribution in [1.82, 2.24) is 40.6 Å². The largest absolute Gasteiger partial charge is 0.492 e. The molecule has 4 amide bonds. The molecule has 0 bridgehead atoms. The monoisotopic (exact) mass is 1020 g/mol. The molecule has 5 atom stereocenters. The van der Waals surface area contributed by atoms with Crippen LogP contribution in [0.4, 0.5) is 0 Å². The average Bonchev–Trinajstić information content (AvgIpc) is 4.11. The van der Waals surface area contributed by atoms with E-state index in [1.165, 1.54) is 4.90 Å². The van der Waals surface area contributed by atoms with Gasteiger partial charge in [0.05, 0.1) is 46.9 Å². The van der Waals surface area contributed by atoms with Crippen LogP contribution in [0, 0.1) is 33.1 Å². The normalized spacial score (nSPS) is 17.4. The third-order valence-electron chi connectivity index (χ3n) is 13.0. The number of aryl methyl sites for hydroxylation is 4. The highest BCUT2D eigenvalue weighted by atomic mass is 35.5. The molecule has 0 aliphatic carbocycles. The Hall–Kier alpha value is -6.27. The lowest BCUT2D eigenvalue weighted by Gasteiger charge is -2.35. The van der Waals surface area contributed by atoms with Gasteiger partial charge in [-0.1, -0.05) is 80.9 Å². The Kier molecular flexibility index (Phi) is 15.6. The smallest absolute Gasteiger partial charge is 0.246 e. The van der Waals surface area contributed by atoms with Crippen LogP contribution in [0.15, 0.2) is 83.3 Å². The van der Waals surface area contributed by atoms with Gasteiger partial charge in [0.2, 0.25) is 23.6 Å². The Morgan fingerprint density at radius 1 is 0.944 bits per heavy atom. The highest BCUT2D eigenvalue weighted by Crippen LogP contribution is 2.40. The molecule has 3 aromatic carbocycles. The van der Waals surface area contributed by atoms with Gasteiger partial charge in [0.1, 0.15) is 41.3 Å². The second-order valence-electron chi connectivity index (χ2n) is 19.3. The molecule has 2 aliphatic heterocycles. The van der Waals surface area contributed by atoms with E-state index >= 15 is 0 Å². The maximum atomic E-state index is 14.3. The number of nitrogens with zero attached hydrogens (tertiary/aromatic N) is 6. The van der Waals surface area contributed by atoms with Gasteiger partial charge in [0.25, 0.3) is 0 Å². The molecule has 2 aliphatic rings. The van der Waals surface area contributed by atoms with Crippen LogP contribution in [-0.4, -0.2) is 97.0 Å². The third-order valence-corrected chi connectivity index (χ3v) is 15.5. The Bertz CT molecular complexity index is 2960. The quantitative estimate of drug-likeness (QED) is 0.0694. The number of aliphatic hydroxyl groups excluding tert-OH is 1. The predicted octanol–water partition coefficient (Wildman–Crippen LogP) is 8.12. The van der Waals surface area contributed by atoms with Gasteiger partial charge in [-0.05, 0) is 93.0 Å². The number of rotatable bonds is 16. The van der Waals surface area contributed by atoms with Gasteiger partial charge >= 0.3 is 0 Å². The molecule has 8 rings (SSSR count). The number of carbonyl (C=O) groups excluding carboxylic acids is 4. The van der Waals surface area contributed by atoms with E-state index in [0.29, 0.717) is 28.8 Å². The first-order valence-corrected chi connectivity index (χ1v) is 25.9. The first-order valence-electron chi connectivity index (χ1n) is 23.8. The van der Waals surface area contributed by atoms with Crippen molar-refractivity contribution in [3.05, 3.63) is 133 Å². The summed E-state index contributed by atoms with van der Waals surface area (Å²) in [6.07, 6.45) is -0.290. The van der Waals surface area contributed by atoms with Gasteiger partial charge in [-0.25, -0.2) is 4.98 Å². The fourth-order valence-electron chi connectivity index (χ4n) is 9.04. The van der Waals surface area contributed by atoms with Gasteiger partial charge in [0, 0.05) is 40.4 Å². The summed E-state index contributed by atoms with van der Waals surface area (Å²) in [5.41, 5.74) is 8.63. The van der Waals surface area contributed by atoms with Crippen LogP contribution in [0.5, 0.6) is 5.75 Å². The third kappa shape index (κ3) is 11.6. The van der Waals surface area contributed by atoms with Crippen molar-refractivity contribution in [3.63, 3.8) is 0 Å². The molecule has 1 saturated heterocycles. The number of aliphatic imine (C=N–C) groups is 1. The number of hydrogen-bond donors (Lipinski definition) is 4. The minimum atomic E-state index is -0.954. The molecule has 0 saturated carbocycles. The van der Waals surface area contributed by atoms with Crippen LogP contribution in [-0.2, 0) is 25.6 Å². The number of amides is 4. The van der Waals surface area contributed by atoms with Crippen molar-refractivity contribution in [2.24, 2.45) is 10.4 Å². The number of aliphatic hydroxyl groups is 1. The Balaban J connectivity index is 0.835. The van der Waals surface area contributed by atoms with Crippen LogP contribution in [0.2, 0.25) is 5.02 Å². The van der Waals surface area contributed by atoms with Crippen LogP contribution in [0.25, 0.3) is 15.4 Å². The van der Waals surface area contributed by atoms with Crippen LogP contribution in [0.3, 0.4) is 0 Å². The summed E-state index contributed by atoms with van der Waals surface area (Å²) in [6, 6.07) is 20.1. The summed E-state index contributed by atoms with van der Waals surface area (Å²) in [7, 11) is 0. The molecule has 0 spiro atoms. The molecule has 6 aromatic rings. The number of benzene rings is 3. The zero-order chi connectivity index (χ0) is 50.7. The number of aromatic nitrogens is 4. The molecule has 71 heavy (non-hydrogen) atoms. The second-order valence-corrected chi connectivity index (χ2v) is 21.8. The van der Waals surface area contributed by atoms with Gasteiger partial charge in [-0.2, -0.15) is 0 Å². The molecule has 4 N–H and O–H groups in total. The highest BCUT2D eigenvalue weighted by Gasteiger charge is 2.45. The van der Waals surface area contributed by atoms with Crippen molar-refractivity contribution < 1.29 is 29.0 Å². The lowest BCUT2D eigenvalue weighted by atomic mass is 9.85. The van der Waals surface area contributed by atoms with Gasteiger partial charge < -0.3 is 30.7 Å². The molecule has 1 unspecified atom stereocenters. The fraction of sp³-hybridized carbons (Fsp3) is 0.396. The number of halogens is 1. The summed E-state index contributed by atoms with van der Waals surface area (Å²) in [5, 5.41) is 30.2. The minimum Gasteiger partial charge on any atom is -0.492 e. The zero-order valence-corrected chi connectivity index (χ0v) is 43.6. The van der Waals surface area contributed by atoms with E-state index in [0.717, 1.165) is 59.5 Å². The topological polar surface area (TPSA) is 193 Å². The Labute approximate surface area is 427 Å². The van der Waals surface area contributed by atoms with Crippen molar-refractivity contribution in [3.8, 4) is 21.2 Å². The van der Waals surface area contributed by atoms with E-state index in [1.807, 2.05) is 124 Å². The SMILES string of the molecule is Cc1ncsc1-c1ccc([C@H](C)NC(=O)[C@@H]2C[C@@H](O)CN2C(=O)C(NC(=O)CCc2cccc(OCCNC(=O)C[C@@H]3N=C(c4ccc(Cl)cc4)c4c(sc(C)c4C)-n4c(C)nnc43)c2)C(C)(C)C)cc1. The number of hydrogen-bond acceptors (Lipinski definition) is 12. The molecule has 0 radical (unpaired) electrons. The van der Waals surface area contributed by atoms with Gasteiger partial charge in [0.15, 0.2) is 5.82 Å². The van der Waals surface area contributed by atoms with E-state index in [4.69, 9.17) is 21.3 Å². The van der Waals surface area contributed by atoms with E-state index < -0.39 is 35.6 Å². The zero-order valence-electron chi connectivity index (χ0n) is 41.2. The van der Waals surface area contributed by atoms with Crippen molar-refractivity contribution in [2.75, 3.05) is 19.7 Å². The van der Waals surface area contributed by atoms with E-state index in [9.17, 15) is 24.3 Å². The lowest BCUT2D eigenvalue weighted by Crippen LogP contribution is -2.57. The molecule has 18 heteroatoms. The number of nitrogens with one attached hydrogen (secondary N) is 3. The first kappa shape index (κ1) is 51.1. The molecule has 15 nitrogen and oxygen atoms in total. The Morgan fingerprint density at radius 3 is 2.38 bits per heavy atom. The number of likely N-dealkylation sites (tertiary alicyclic amines) is 1. The van der Waals surface area contributed by atoms with Crippen molar-refractivity contribution in [1.29, 1.82) is 0 Å². The summed E-state index contributed by atoms with van der Waals surface area (Å²) in [4.78, 5) is 68.3. The van der Waals surface area contributed by atoms with E-state index in [1.54, 1.807) is 22.7 Å². The second kappa shape index (κ2) is 21.6.